The molecule has 8 heteroatoms. The molecule has 0 unspecified atom stereocenters. The van der Waals surface area contributed by atoms with Crippen LogP contribution in [0.1, 0.15) is 23.8 Å². The van der Waals surface area contributed by atoms with Crippen molar-refractivity contribution in [2.24, 2.45) is 0 Å². The molecular formula is C19H17F2N3O2S. The fraction of sp³-hybridized carbons (Fsp3) is 0.211. The lowest BCUT2D eigenvalue weighted by Gasteiger charge is -2.12. The molecule has 1 aromatic heterocycles. The number of nitrogens with zero attached hydrogens (tertiary/aromatic N) is 1. The summed E-state index contributed by atoms with van der Waals surface area (Å²) in [5.41, 5.74) is 1.17. The third-order valence-electron chi connectivity index (χ3n) is 4.03. The molecule has 0 aliphatic carbocycles. The molecule has 5 nitrogen and oxygen atoms in total. The van der Waals surface area contributed by atoms with E-state index in [1.54, 1.807) is 25.1 Å². The Hall–Kier alpha value is -2.87. The molecule has 1 atom stereocenters. The summed E-state index contributed by atoms with van der Waals surface area (Å²) in [5, 5.41) is 5.83. The van der Waals surface area contributed by atoms with Gasteiger partial charge in [0, 0.05) is 31.0 Å². The van der Waals surface area contributed by atoms with Gasteiger partial charge < -0.3 is 10.6 Å². The van der Waals surface area contributed by atoms with Gasteiger partial charge in [-0.05, 0) is 53.8 Å². The fourth-order valence-electron chi connectivity index (χ4n) is 2.73. The van der Waals surface area contributed by atoms with Crippen molar-refractivity contribution in [2.45, 2.75) is 19.4 Å². The van der Waals surface area contributed by atoms with Crippen LogP contribution >= 0.6 is 11.5 Å². The van der Waals surface area contributed by atoms with Crippen LogP contribution in [0, 0.1) is 11.6 Å². The van der Waals surface area contributed by atoms with Crippen molar-refractivity contribution >= 4 is 33.4 Å². The second-order valence-electron chi connectivity index (χ2n) is 6.15. The Balaban J connectivity index is 1.91. The SMILES string of the molecule is CNC(=O)C[C@H](C)NC(=O)c1nsc2ccc(-c3cc(F)cc(F)c3)cc12. The van der Waals surface area contributed by atoms with Gasteiger partial charge in [-0.25, -0.2) is 8.78 Å². The van der Waals surface area contributed by atoms with Gasteiger partial charge in [-0.1, -0.05) is 6.07 Å². The van der Waals surface area contributed by atoms with Crippen molar-refractivity contribution in [3.05, 3.63) is 53.7 Å². The van der Waals surface area contributed by atoms with Gasteiger partial charge in [-0.3, -0.25) is 9.59 Å². The Labute approximate surface area is 158 Å². The van der Waals surface area contributed by atoms with Crippen LogP contribution < -0.4 is 10.6 Å². The molecule has 3 rings (SSSR count). The predicted octanol–water partition coefficient (Wildman–Crippen LogP) is 3.50. The molecule has 2 aromatic carbocycles. The lowest BCUT2D eigenvalue weighted by atomic mass is 10.0. The van der Waals surface area contributed by atoms with Crippen LogP contribution in [0.3, 0.4) is 0 Å². The average Bonchev–Trinajstić information content (AvgIpc) is 3.03. The van der Waals surface area contributed by atoms with Gasteiger partial charge in [0.25, 0.3) is 5.91 Å². The number of amides is 2. The van der Waals surface area contributed by atoms with Crippen molar-refractivity contribution in [1.29, 1.82) is 0 Å². The molecule has 0 saturated carbocycles. The van der Waals surface area contributed by atoms with Gasteiger partial charge >= 0.3 is 0 Å². The Bertz CT molecular complexity index is 999. The van der Waals surface area contributed by atoms with E-state index in [1.807, 2.05) is 0 Å². The predicted molar refractivity (Wildman–Crippen MR) is 101 cm³/mol. The summed E-state index contributed by atoms with van der Waals surface area (Å²) in [6.45, 7) is 1.72. The third-order valence-corrected chi connectivity index (χ3v) is 4.86. The first-order chi connectivity index (χ1) is 12.9. The molecule has 0 aliphatic heterocycles. The van der Waals surface area contributed by atoms with Crippen LogP contribution in [0.5, 0.6) is 0 Å². The average molecular weight is 389 g/mol. The molecule has 27 heavy (non-hydrogen) atoms. The summed E-state index contributed by atoms with van der Waals surface area (Å²) in [7, 11) is 1.53. The van der Waals surface area contributed by atoms with E-state index >= 15 is 0 Å². The number of fused-ring (bicyclic) bond motifs is 1. The molecule has 1 heterocycles. The molecule has 0 bridgehead atoms. The molecule has 2 N–H and O–H groups in total. The highest BCUT2D eigenvalue weighted by molar-refractivity contribution is 7.13. The maximum atomic E-state index is 13.5. The first kappa shape index (κ1) is 18.9. The normalized spacial score (nSPS) is 12.0. The van der Waals surface area contributed by atoms with Crippen LogP contribution in [0.2, 0.25) is 0 Å². The number of carbonyl (C=O) groups is 2. The van der Waals surface area contributed by atoms with Gasteiger partial charge in [0.2, 0.25) is 5.91 Å². The standard InChI is InChI=1S/C19H17F2N3O2S/c1-10(5-17(25)22-2)23-19(26)18-15-8-11(3-4-16(15)27-24-18)12-6-13(20)9-14(21)7-12/h3-4,6-10H,5H2,1-2H3,(H,22,25)(H,23,26)/t10-/m0/s1. The second-order valence-corrected chi connectivity index (χ2v) is 6.96. The zero-order valence-electron chi connectivity index (χ0n) is 14.7. The Morgan fingerprint density at radius 1 is 1.11 bits per heavy atom. The van der Waals surface area contributed by atoms with Crippen LogP contribution in [-0.4, -0.2) is 29.3 Å². The summed E-state index contributed by atoms with van der Waals surface area (Å²) in [4.78, 5) is 24.0. The minimum absolute atomic E-state index is 0.151. The first-order valence-corrected chi connectivity index (χ1v) is 9.02. The molecule has 0 fully saturated rings. The van der Waals surface area contributed by atoms with Crippen LogP contribution in [0.15, 0.2) is 36.4 Å². The number of carbonyl (C=O) groups excluding carboxylic acids is 2. The quantitative estimate of drug-likeness (QED) is 0.702. The molecule has 0 radical (unpaired) electrons. The molecule has 3 aromatic rings. The van der Waals surface area contributed by atoms with Gasteiger partial charge in [0.15, 0.2) is 0 Å². The highest BCUT2D eigenvalue weighted by Crippen LogP contribution is 2.29. The summed E-state index contributed by atoms with van der Waals surface area (Å²) < 4.78 is 32.0. The maximum Gasteiger partial charge on any atom is 0.271 e. The number of benzene rings is 2. The fourth-order valence-corrected chi connectivity index (χ4v) is 3.48. The molecule has 0 saturated heterocycles. The Morgan fingerprint density at radius 3 is 2.48 bits per heavy atom. The van der Waals surface area contributed by atoms with E-state index in [0.29, 0.717) is 16.5 Å². The highest BCUT2D eigenvalue weighted by atomic mass is 32.1. The molecular weight excluding hydrogens is 372 g/mol. The lowest BCUT2D eigenvalue weighted by Crippen LogP contribution is -2.36. The topological polar surface area (TPSA) is 71.1 Å². The van der Waals surface area contributed by atoms with E-state index in [0.717, 1.165) is 22.3 Å². The summed E-state index contributed by atoms with van der Waals surface area (Å²) in [6.07, 6.45) is 0.151. The van der Waals surface area contributed by atoms with Crippen molar-refractivity contribution < 1.29 is 18.4 Å². The Kier molecular flexibility index (Phi) is 5.46. The van der Waals surface area contributed by atoms with E-state index in [4.69, 9.17) is 0 Å². The Morgan fingerprint density at radius 2 is 1.81 bits per heavy atom. The van der Waals surface area contributed by atoms with E-state index < -0.39 is 17.5 Å². The minimum Gasteiger partial charge on any atom is -0.359 e. The molecule has 0 spiro atoms. The van der Waals surface area contributed by atoms with Crippen molar-refractivity contribution in [2.75, 3.05) is 7.05 Å². The van der Waals surface area contributed by atoms with E-state index in [1.165, 1.54) is 19.2 Å². The summed E-state index contributed by atoms with van der Waals surface area (Å²) in [5.74, 6) is -1.93. The van der Waals surface area contributed by atoms with Gasteiger partial charge in [0.1, 0.15) is 17.3 Å². The zero-order chi connectivity index (χ0) is 19.6. The number of hydrogen-bond acceptors (Lipinski definition) is 4. The van der Waals surface area contributed by atoms with Crippen LogP contribution in [0.25, 0.3) is 21.2 Å². The lowest BCUT2D eigenvalue weighted by molar-refractivity contribution is -0.120. The van der Waals surface area contributed by atoms with E-state index in [-0.39, 0.29) is 24.1 Å². The van der Waals surface area contributed by atoms with Gasteiger partial charge in [-0.15, -0.1) is 0 Å². The monoisotopic (exact) mass is 389 g/mol. The largest absolute Gasteiger partial charge is 0.359 e. The molecule has 0 aliphatic rings. The number of aromatic nitrogens is 1. The minimum atomic E-state index is -0.672. The highest BCUT2D eigenvalue weighted by Gasteiger charge is 2.18. The second kappa shape index (κ2) is 7.79. The smallest absolute Gasteiger partial charge is 0.271 e. The zero-order valence-corrected chi connectivity index (χ0v) is 15.5. The number of hydrogen-bond donors (Lipinski definition) is 2. The summed E-state index contributed by atoms with van der Waals surface area (Å²) >= 11 is 1.16. The van der Waals surface area contributed by atoms with Crippen LogP contribution in [0.4, 0.5) is 8.78 Å². The number of rotatable bonds is 5. The number of nitrogens with one attached hydrogen (secondary N) is 2. The molecule has 140 valence electrons. The summed E-state index contributed by atoms with van der Waals surface area (Å²) in [6, 6.07) is 8.08. The third kappa shape index (κ3) is 4.28. The van der Waals surface area contributed by atoms with Crippen molar-refractivity contribution in [3.63, 3.8) is 0 Å². The van der Waals surface area contributed by atoms with Gasteiger partial charge in [0.05, 0.1) is 4.70 Å². The van der Waals surface area contributed by atoms with Crippen molar-refractivity contribution in [1.82, 2.24) is 15.0 Å². The first-order valence-electron chi connectivity index (χ1n) is 8.24. The van der Waals surface area contributed by atoms with Crippen LogP contribution in [-0.2, 0) is 4.79 Å². The van der Waals surface area contributed by atoms with E-state index in [2.05, 4.69) is 15.0 Å². The van der Waals surface area contributed by atoms with Gasteiger partial charge in [-0.2, -0.15) is 4.37 Å². The van der Waals surface area contributed by atoms with E-state index in [9.17, 15) is 18.4 Å². The van der Waals surface area contributed by atoms with Crippen molar-refractivity contribution in [3.8, 4) is 11.1 Å². The maximum absolute atomic E-state index is 13.5. The molecule has 2 amide bonds. The number of halogens is 2.